The third-order valence-electron chi connectivity index (χ3n) is 3.37. The van der Waals surface area contributed by atoms with Crippen LogP contribution in [0.4, 0.5) is 0 Å². The summed E-state index contributed by atoms with van der Waals surface area (Å²) in [6.07, 6.45) is 3.39. The Hall–Kier alpha value is -0.570. The van der Waals surface area contributed by atoms with Gasteiger partial charge < -0.3 is 10.1 Å². The minimum Gasteiger partial charge on any atom is -0.461 e. The molecule has 0 amide bonds. The van der Waals surface area contributed by atoms with Crippen molar-refractivity contribution >= 4 is 5.97 Å². The van der Waals surface area contributed by atoms with Gasteiger partial charge in [-0.25, -0.2) is 0 Å². The van der Waals surface area contributed by atoms with Crippen LogP contribution in [0.5, 0.6) is 0 Å². The van der Waals surface area contributed by atoms with E-state index in [4.69, 9.17) is 4.74 Å². The molecule has 3 unspecified atom stereocenters. The predicted octanol–water partition coefficient (Wildman–Crippen LogP) is 1.96. The van der Waals surface area contributed by atoms with Crippen molar-refractivity contribution in [1.82, 2.24) is 5.32 Å². The van der Waals surface area contributed by atoms with Crippen molar-refractivity contribution < 1.29 is 9.53 Å². The zero-order chi connectivity index (χ0) is 11.3. The number of rotatable bonds is 4. The zero-order valence-electron chi connectivity index (χ0n) is 10.1. The Kier molecular flexibility index (Phi) is 5.09. The van der Waals surface area contributed by atoms with Crippen molar-refractivity contribution in [3.8, 4) is 0 Å². The second-order valence-corrected chi connectivity index (χ2v) is 4.66. The van der Waals surface area contributed by atoms with Crippen molar-refractivity contribution in [3.63, 3.8) is 0 Å². The maximum Gasteiger partial charge on any atom is 0.320 e. The summed E-state index contributed by atoms with van der Waals surface area (Å²) in [7, 11) is 0. The molecule has 0 aromatic carbocycles. The van der Waals surface area contributed by atoms with Crippen LogP contribution in [0, 0.1) is 11.8 Å². The molecule has 1 aliphatic rings. The van der Waals surface area contributed by atoms with Gasteiger partial charge in [-0.3, -0.25) is 4.79 Å². The van der Waals surface area contributed by atoms with Gasteiger partial charge in [-0.05, 0) is 37.6 Å². The van der Waals surface area contributed by atoms with Gasteiger partial charge in [0.1, 0.15) is 6.10 Å². The van der Waals surface area contributed by atoms with Gasteiger partial charge in [-0.15, -0.1) is 0 Å². The first kappa shape index (κ1) is 12.5. The molecule has 0 bridgehead atoms. The van der Waals surface area contributed by atoms with E-state index in [1.807, 2.05) is 6.92 Å². The molecule has 1 saturated carbocycles. The van der Waals surface area contributed by atoms with Gasteiger partial charge in [-0.1, -0.05) is 20.8 Å². The second kappa shape index (κ2) is 6.11. The van der Waals surface area contributed by atoms with Crippen LogP contribution in [0.3, 0.4) is 0 Å². The van der Waals surface area contributed by atoms with Crippen molar-refractivity contribution in [2.45, 2.75) is 46.1 Å². The molecule has 1 aliphatic carbocycles. The molecule has 3 nitrogen and oxygen atoms in total. The molecule has 0 saturated heterocycles. The van der Waals surface area contributed by atoms with E-state index < -0.39 is 0 Å². The van der Waals surface area contributed by atoms with Crippen LogP contribution < -0.4 is 5.32 Å². The number of ether oxygens (including phenoxy) is 1. The molecule has 0 heterocycles. The lowest BCUT2D eigenvalue weighted by Gasteiger charge is -2.31. The molecule has 3 atom stereocenters. The Balaban J connectivity index is 2.24. The average molecular weight is 213 g/mol. The van der Waals surface area contributed by atoms with Gasteiger partial charge in [0.2, 0.25) is 0 Å². The van der Waals surface area contributed by atoms with E-state index in [1.165, 1.54) is 6.42 Å². The number of likely N-dealkylation sites (N-methyl/N-ethyl adjacent to an activating group) is 1. The van der Waals surface area contributed by atoms with E-state index in [0.717, 1.165) is 25.3 Å². The van der Waals surface area contributed by atoms with Crippen LogP contribution in [0.15, 0.2) is 0 Å². The van der Waals surface area contributed by atoms with Crippen LogP contribution in [0.2, 0.25) is 0 Å². The summed E-state index contributed by atoms with van der Waals surface area (Å²) in [6.45, 7) is 7.66. The van der Waals surface area contributed by atoms with Crippen molar-refractivity contribution in [1.29, 1.82) is 0 Å². The van der Waals surface area contributed by atoms with Crippen LogP contribution in [0.25, 0.3) is 0 Å². The van der Waals surface area contributed by atoms with E-state index in [0.29, 0.717) is 12.5 Å². The Bertz CT molecular complexity index is 206. The first-order valence-electron chi connectivity index (χ1n) is 6.03. The van der Waals surface area contributed by atoms with Gasteiger partial charge in [0.25, 0.3) is 0 Å². The lowest BCUT2D eigenvalue weighted by atomic mass is 9.80. The van der Waals surface area contributed by atoms with Crippen molar-refractivity contribution in [2.24, 2.45) is 11.8 Å². The molecule has 0 radical (unpaired) electrons. The molecular weight excluding hydrogens is 190 g/mol. The molecule has 0 aromatic heterocycles. The van der Waals surface area contributed by atoms with Crippen molar-refractivity contribution in [2.75, 3.05) is 13.1 Å². The minimum atomic E-state index is -0.108. The molecule has 1 fully saturated rings. The zero-order valence-corrected chi connectivity index (χ0v) is 10.1. The summed E-state index contributed by atoms with van der Waals surface area (Å²) in [5.74, 6) is 1.34. The monoisotopic (exact) mass is 213 g/mol. The van der Waals surface area contributed by atoms with Crippen LogP contribution in [0.1, 0.15) is 40.0 Å². The maximum atomic E-state index is 11.4. The molecule has 1 N–H and O–H groups in total. The largest absolute Gasteiger partial charge is 0.461 e. The first-order valence-corrected chi connectivity index (χ1v) is 6.03. The van der Waals surface area contributed by atoms with E-state index >= 15 is 0 Å². The SMILES string of the molecule is CCNCC(=O)OC1CCC(C)C(C)C1. The van der Waals surface area contributed by atoms with E-state index in [2.05, 4.69) is 19.2 Å². The minimum absolute atomic E-state index is 0.108. The number of carbonyl (C=O) groups is 1. The summed E-state index contributed by atoms with van der Waals surface area (Å²) in [4.78, 5) is 11.4. The summed E-state index contributed by atoms with van der Waals surface area (Å²) >= 11 is 0. The fourth-order valence-corrected chi connectivity index (χ4v) is 2.06. The number of nitrogens with one attached hydrogen (secondary N) is 1. The Morgan fingerprint density at radius 1 is 1.33 bits per heavy atom. The molecular formula is C12H23NO2. The van der Waals surface area contributed by atoms with E-state index in [1.54, 1.807) is 0 Å². The summed E-state index contributed by atoms with van der Waals surface area (Å²) in [5, 5.41) is 2.98. The predicted molar refractivity (Wildman–Crippen MR) is 60.6 cm³/mol. The highest BCUT2D eigenvalue weighted by molar-refractivity contribution is 5.71. The molecule has 15 heavy (non-hydrogen) atoms. The second-order valence-electron chi connectivity index (χ2n) is 4.66. The van der Waals surface area contributed by atoms with Crippen LogP contribution >= 0.6 is 0 Å². The topological polar surface area (TPSA) is 38.3 Å². The quantitative estimate of drug-likeness (QED) is 0.726. The maximum absolute atomic E-state index is 11.4. The highest BCUT2D eigenvalue weighted by Gasteiger charge is 2.26. The fourth-order valence-electron chi connectivity index (χ4n) is 2.06. The van der Waals surface area contributed by atoms with E-state index in [9.17, 15) is 4.79 Å². The lowest BCUT2D eigenvalue weighted by molar-refractivity contribution is -0.150. The standard InChI is InChI=1S/C12H23NO2/c1-4-13-8-12(14)15-11-6-5-9(2)10(3)7-11/h9-11,13H,4-8H2,1-3H3. The summed E-state index contributed by atoms with van der Waals surface area (Å²) in [6, 6.07) is 0. The number of esters is 1. The Morgan fingerprint density at radius 2 is 2.07 bits per heavy atom. The molecule has 0 aliphatic heterocycles. The van der Waals surface area contributed by atoms with Gasteiger partial charge in [-0.2, -0.15) is 0 Å². The van der Waals surface area contributed by atoms with E-state index in [-0.39, 0.29) is 12.1 Å². The lowest BCUT2D eigenvalue weighted by Crippen LogP contribution is -2.32. The van der Waals surface area contributed by atoms with Gasteiger partial charge in [0.05, 0.1) is 6.54 Å². The fraction of sp³-hybridized carbons (Fsp3) is 0.917. The third kappa shape index (κ3) is 4.20. The number of carbonyl (C=O) groups excluding carboxylic acids is 1. The summed E-state index contributed by atoms with van der Waals surface area (Å²) < 4.78 is 5.41. The molecule has 1 rings (SSSR count). The molecule has 0 aromatic rings. The van der Waals surface area contributed by atoms with Crippen LogP contribution in [-0.4, -0.2) is 25.2 Å². The average Bonchev–Trinajstić information content (AvgIpc) is 2.20. The molecule has 88 valence electrons. The molecule has 0 spiro atoms. The van der Waals surface area contributed by atoms with Gasteiger partial charge >= 0.3 is 5.97 Å². The Labute approximate surface area is 92.6 Å². The highest BCUT2D eigenvalue weighted by atomic mass is 16.5. The highest BCUT2D eigenvalue weighted by Crippen LogP contribution is 2.30. The normalized spacial score (nSPS) is 31.3. The number of hydrogen-bond acceptors (Lipinski definition) is 3. The number of hydrogen-bond donors (Lipinski definition) is 1. The first-order chi connectivity index (χ1) is 7.13. The van der Waals surface area contributed by atoms with Crippen LogP contribution in [-0.2, 0) is 9.53 Å². The smallest absolute Gasteiger partial charge is 0.320 e. The Morgan fingerprint density at radius 3 is 2.67 bits per heavy atom. The molecule has 3 heteroatoms. The van der Waals surface area contributed by atoms with Gasteiger partial charge in [0.15, 0.2) is 0 Å². The van der Waals surface area contributed by atoms with Gasteiger partial charge in [0, 0.05) is 0 Å². The third-order valence-corrected chi connectivity index (χ3v) is 3.37. The summed E-state index contributed by atoms with van der Waals surface area (Å²) in [5.41, 5.74) is 0. The van der Waals surface area contributed by atoms with Crippen molar-refractivity contribution in [3.05, 3.63) is 0 Å².